The summed E-state index contributed by atoms with van der Waals surface area (Å²) < 4.78 is 0. The van der Waals surface area contributed by atoms with Gasteiger partial charge in [-0.1, -0.05) is 0 Å². The molecule has 0 aliphatic carbocycles. The Bertz CT molecular complexity index is 34.3. The third kappa shape index (κ3) is 617. The van der Waals surface area contributed by atoms with E-state index in [1.54, 1.807) is 0 Å². The topological polar surface area (TPSA) is 0 Å². The van der Waals surface area contributed by atoms with E-state index in [1.165, 1.54) is 0 Å². The van der Waals surface area contributed by atoms with E-state index in [2.05, 4.69) is 0 Å². The van der Waals surface area contributed by atoms with Crippen molar-refractivity contribution in [2.45, 2.75) is 0 Å². The first-order valence-corrected chi connectivity index (χ1v) is 0. The predicted octanol–water partition coefficient (Wildman–Crippen LogP) is -12.1. The fraction of sp³-hybridized carbons (Fsp3) is 0. The van der Waals surface area contributed by atoms with Gasteiger partial charge in [0, 0.05) is 0 Å². The molecule has 0 radical (unpaired) electrons. The Kier molecular flexibility index (Phi) is 28600. The zero-order chi connectivity index (χ0) is 0. The van der Waals surface area contributed by atoms with Crippen molar-refractivity contribution >= 4 is 0 Å². The fourth-order valence-corrected chi connectivity index (χ4v) is 0. The predicted molar refractivity (Wildman–Crippen MR) is 43.1 cm³/mol. The van der Waals surface area contributed by atoms with Gasteiger partial charge >= 0.3 is 148 Å². The summed E-state index contributed by atoms with van der Waals surface area (Å²) in [6.45, 7) is 0. The molecule has 20 heavy (non-hydrogen) atoms. The van der Waals surface area contributed by atoms with Crippen LogP contribution in [0.25, 0.3) is 0 Å². The zero-order valence-electron chi connectivity index (χ0n) is 16.1. The van der Waals surface area contributed by atoms with E-state index >= 15 is 0 Å². The van der Waals surface area contributed by atoms with Gasteiger partial charge in [0.1, 0.15) is 0 Å². The van der Waals surface area contributed by atoms with E-state index < -0.39 is 0 Å². The number of hydrogen-bond acceptors (Lipinski definition) is 0. The first-order chi connectivity index (χ1) is 0. The Balaban J connectivity index is 0. The van der Waals surface area contributed by atoms with Crippen LogP contribution in [-0.2, 0) is 0 Å². The summed E-state index contributed by atoms with van der Waals surface area (Å²) in [6, 6.07) is 0. The second kappa shape index (κ2) is 709. The maximum Gasteiger partial charge on any atom is 1.00 e. The minimum absolute atomic E-state index is 0. The van der Waals surface area contributed by atoms with Crippen LogP contribution in [0.3, 0.4) is 0 Å². The molecule has 0 bridgehead atoms. The van der Waals surface area contributed by atoms with Crippen LogP contribution in [0.1, 0.15) is 7.13 Å². The summed E-state index contributed by atoms with van der Waals surface area (Å²) >= 11 is 0. The molecule has 0 fully saturated rings. The molecular formula is H20F15Na5. The van der Waals surface area contributed by atoms with Crippen LogP contribution >= 0.6 is 0 Å². The summed E-state index contributed by atoms with van der Waals surface area (Å²) in [4.78, 5) is 0. The average Bonchev–Trinajstić information content (AvgIpc) is 0. The maximum absolute atomic E-state index is 0. The standard InChI is InChI=1S/15FH.5Na.5H/h15*1H;;;;;;;;;;/q;;;;;;;;;;;;;;;5*+1;5*-1. The van der Waals surface area contributed by atoms with Gasteiger partial charge in [0.15, 0.2) is 0 Å². The normalized spacial score (nSPS) is 0. The third-order valence-corrected chi connectivity index (χ3v) is 0. The van der Waals surface area contributed by atoms with E-state index in [4.69, 9.17) is 0 Å². The third-order valence-electron chi connectivity index (χ3n) is 0. The van der Waals surface area contributed by atoms with Crippen LogP contribution in [-0.4, -0.2) is 0 Å². The molecule has 0 saturated heterocycles. The quantitative estimate of drug-likeness (QED) is 0.270. The van der Waals surface area contributed by atoms with Gasteiger partial charge in [-0.05, 0) is 0 Å². The van der Waals surface area contributed by atoms with Gasteiger partial charge < -0.3 is 7.13 Å². The molecule has 0 spiro atoms. The van der Waals surface area contributed by atoms with Crippen molar-refractivity contribution in [2.24, 2.45) is 0 Å². The van der Waals surface area contributed by atoms with Gasteiger partial charge in [-0.2, -0.15) is 0 Å². The Morgan fingerprint density at radius 3 is 0.150 bits per heavy atom. The molecule has 0 aromatic carbocycles. The molecule has 0 aliphatic rings. The van der Waals surface area contributed by atoms with Gasteiger partial charge in [-0.3, -0.25) is 70.6 Å². The van der Waals surface area contributed by atoms with Gasteiger partial charge in [-0.25, -0.2) is 0 Å². The van der Waals surface area contributed by atoms with Crippen molar-refractivity contribution in [3.63, 3.8) is 0 Å². The molecule has 0 unspecified atom stereocenters. The maximum atomic E-state index is 0. The first kappa shape index (κ1) is 808. The van der Waals surface area contributed by atoms with Gasteiger partial charge in [0.2, 0.25) is 0 Å². The van der Waals surface area contributed by atoms with Crippen LogP contribution in [0.5, 0.6) is 0 Å². The summed E-state index contributed by atoms with van der Waals surface area (Å²) in [7, 11) is 0. The summed E-state index contributed by atoms with van der Waals surface area (Å²) in [6.07, 6.45) is 0. The van der Waals surface area contributed by atoms with E-state index in [1.807, 2.05) is 0 Å². The Morgan fingerprint density at radius 2 is 0.150 bits per heavy atom. The van der Waals surface area contributed by atoms with Crippen molar-refractivity contribution in [2.75, 3.05) is 0 Å². The van der Waals surface area contributed by atoms with Gasteiger partial charge in [0.25, 0.3) is 0 Å². The van der Waals surface area contributed by atoms with Crippen molar-refractivity contribution < 1.29 is 225 Å². The number of halogens is 15. The fourth-order valence-electron chi connectivity index (χ4n) is 0. The van der Waals surface area contributed by atoms with Crippen LogP contribution in [0.4, 0.5) is 70.6 Å². The van der Waals surface area contributed by atoms with E-state index in [0.29, 0.717) is 0 Å². The van der Waals surface area contributed by atoms with Crippen LogP contribution in [0, 0.1) is 0 Å². The smallest absolute Gasteiger partial charge is 1.00 e. The molecule has 0 nitrogen and oxygen atoms in total. The Labute approximate surface area is 222 Å². The summed E-state index contributed by atoms with van der Waals surface area (Å²) in [5, 5.41) is 0. The molecule has 20 heteroatoms. The monoisotopic (exact) mass is 420 g/mol. The Hall–Kier alpha value is 3.95. The largest absolute Gasteiger partial charge is 1.00 e. The molecule has 0 saturated carbocycles. The van der Waals surface area contributed by atoms with Crippen molar-refractivity contribution in [3.05, 3.63) is 0 Å². The van der Waals surface area contributed by atoms with E-state index in [0.717, 1.165) is 0 Å². The molecular weight excluding hydrogens is 400 g/mol. The van der Waals surface area contributed by atoms with Crippen LogP contribution in [0.15, 0.2) is 0 Å². The number of hydrogen-bond donors (Lipinski definition) is 0. The summed E-state index contributed by atoms with van der Waals surface area (Å²) in [5.74, 6) is 0. The molecule has 130 valence electrons. The SMILES string of the molecule is F.F.F.F.F.F.F.F.F.F.F.F.F.F.F.[H-].[H-].[H-].[H-].[H-].[Na+].[Na+].[Na+].[Na+].[Na+]. The molecule has 0 aromatic heterocycles. The second-order valence-electron chi connectivity index (χ2n) is 0. The Morgan fingerprint density at radius 1 is 0.150 bits per heavy atom. The van der Waals surface area contributed by atoms with Crippen molar-refractivity contribution in [1.82, 2.24) is 0 Å². The van der Waals surface area contributed by atoms with Crippen LogP contribution < -0.4 is 148 Å². The van der Waals surface area contributed by atoms with E-state index in [-0.39, 0.29) is 225 Å². The molecule has 0 aromatic rings. The van der Waals surface area contributed by atoms with Crippen molar-refractivity contribution in [3.8, 4) is 0 Å². The molecule has 0 atom stereocenters. The second-order valence-corrected chi connectivity index (χ2v) is 0. The van der Waals surface area contributed by atoms with E-state index in [9.17, 15) is 0 Å². The van der Waals surface area contributed by atoms with Gasteiger partial charge in [-0.15, -0.1) is 0 Å². The molecule has 0 N–H and O–H groups in total. The average molecular weight is 420 g/mol. The number of rotatable bonds is 0. The minimum atomic E-state index is 0. The van der Waals surface area contributed by atoms with Crippen molar-refractivity contribution in [1.29, 1.82) is 0 Å². The van der Waals surface area contributed by atoms with Gasteiger partial charge in [0.05, 0.1) is 0 Å². The first-order valence-electron chi connectivity index (χ1n) is 0. The molecule has 0 heterocycles. The molecule has 0 rings (SSSR count). The molecule has 0 amide bonds. The van der Waals surface area contributed by atoms with Crippen LogP contribution in [0.2, 0.25) is 0 Å². The zero-order valence-corrected chi connectivity index (χ0v) is 21.1. The molecule has 0 aliphatic heterocycles. The minimum Gasteiger partial charge on any atom is -1.00 e. The summed E-state index contributed by atoms with van der Waals surface area (Å²) in [5.41, 5.74) is 0.